The summed E-state index contributed by atoms with van der Waals surface area (Å²) in [6.45, 7) is 3.48. The molecule has 0 amide bonds. The van der Waals surface area contributed by atoms with Gasteiger partial charge in [0.1, 0.15) is 24.3 Å². The zero-order valence-electron chi connectivity index (χ0n) is 9.59. The number of hydrogen-bond donors (Lipinski definition) is 2. The molecule has 2 N–H and O–H groups in total. The average Bonchev–Trinajstić information content (AvgIpc) is 2.39. The molecule has 2 heterocycles. The Hall–Kier alpha value is -2.24. The van der Waals surface area contributed by atoms with E-state index in [0.717, 1.165) is 23.9 Å². The van der Waals surface area contributed by atoms with Gasteiger partial charge in [0.25, 0.3) is 0 Å². The van der Waals surface area contributed by atoms with Gasteiger partial charge in [0.15, 0.2) is 0 Å². The summed E-state index contributed by atoms with van der Waals surface area (Å²) in [4.78, 5) is 16.2. The highest BCUT2D eigenvalue weighted by atomic mass is 15.1. The van der Waals surface area contributed by atoms with Gasteiger partial charge in [-0.1, -0.05) is 0 Å². The number of aromatic nitrogens is 4. The van der Waals surface area contributed by atoms with Crippen LogP contribution >= 0.6 is 0 Å². The molecule has 0 radical (unpaired) electrons. The molecule has 0 saturated heterocycles. The molecule has 0 unspecified atom stereocenters. The van der Waals surface area contributed by atoms with E-state index in [-0.39, 0.29) is 0 Å². The molecule has 17 heavy (non-hydrogen) atoms. The van der Waals surface area contributed by atoms with E-state index in [9.17, 15) is 0 Å². The quantitative estimate of drug-likeness (QED) is 0.806. The second kappa shape index (κ2) is 5.74. The van der Waals surface area contributed by atoms with Gasteiger partial charge >= 0.3 is 0 Å². The zero-order valence-corrected chi connectivity index (χ0v) is 9.59. The Labute approximate surface area is 99.6 Å². The SMILES string of the molecule is CCNc1cc(NCc2ccncn2)ncn1. The lowest BCUT2D eigenvalue weighted by molar-refractivity contribution is 0.990. The summed E-state index contributed by atoms with van der Waals surface area (Å²) in [5.74, 6) is 1.59. The fourth-order valence-electron chi connectivity index (χ4n) is 1.34. The van der Waals surface area contributed by atoms with Crippen molar-refractivity contribution in [2.75, 3.05) is 17.2 Å². The van der Waals surface area contributed by atoms with Gasteiger partial charge in [0.2, 0.25) is 0 Å². The first kappa shape index (κ1) is 11.3. The van der Waals surface area contributed by atoms with E-state index in [2.05, 4.69) is 30.6 Å². The van der Waals surface area contributed by atoms with Crippen LogP contribution in [0.4, 0.5) is 11.6 Å². The van der Waals surface area contributed by atoms with E-state index >= 15 is 0 Å². The van der Waals surface area contributed by atoms with Gasteiger partial charge in [0, 0.05) is 18.8 Å². The minimum atomic E-state index is 0.616. The maximum absolute atomic E-state index is 4.13. The number of rotatable bonds is 5. The summed E-state index contributed by atoms with van der Waals surface area (Å²) >= 11 is 0. The lowest BCUT2D eigenvalue weighted by Gasteiger charge is -2.06. The third-order valence-corrected chi connectivity index (χ3v) is 2.12. The monoisotopic (exact) mass is 230 g/mol. The van der Waals surface area contributed by atoms with E-state index in [1.165, 1.54) is 12.7 Å². The second-order valence-corrected chi connectivity index (χ2v) is 3.37. The van der Waals surface area contributed by atoms with Gasteiger partial charge in [-0.2, -0.15) is 0 Å². The molecule has 6 heteroatoms. The third kappa shape index (κ3) is 3.37. The first-order valence-electron chi connectivity index (χ1n) is 5.43. The molecule has 6 nitrogen and oxygen atoms in total. The summed E-state index contributed by atoms with van der Waals surface area (Å²) < 4.78 is 0. The van der Waals surface area contributed by atoms with Crippen LogP contribution in [0.15, 0.2) is 31.0 Å². The lowest BCUT2D eigenvalue weighted by Crippen LogP contribution is -2.05. The van der Waals surface area contributed by atoms with Crippen molar-refractivity contribution in [2.24, 2.45) is 0 Å². The van der Waals surface area contributed by atoms with E-state index in [0.29, 0.717) is 6.54 Å². The van der Waals surface area contributed by atoms with Crippen molar-refractivity contribution in [3.05, 3.63) is 36.7 Å². The van der Waals surface area contributed by atoms with Crippen LogP contribution in [0, 0.1) is 0 Å². The second-order valence-electron chi connectivity index (χ2n) is 3.37. The minimum absolute atomic E-state index is 0.616. The highest BCUT2D eigenvalue weighted by Gasteiger charge is 1.98. The van der Waals surface area contributed by atoms with Crippen LogP contribution in [0.1, 0.15) is 12.6 Å². The molecule has 2 aromatic rings. The van der Waals surface area contributed by atoms with E-state index in [1.54, 1.807) is 6.20 Å². The number of nitrogens with zero attached hydrogens (tertiary/aromatic N) is 4. The average molecular weight is 230 g/mol. The predicted molar refractivity (Wildman–Crippen MR) is 65.6 cm³/mol. The summed E-state index contributed by atoms with van der Waals surface area (Å²) in [6.07, 6.45) is 4.77. The first-order valence-corrected chi connectivity index (χ1v) is 5.43. The molecule has 0 aliphatic carbocycles. The molecule has 0 atom stereocenters. The van der Waals surface area contributed by atoms with Crippen molar-refractivity contribution in [3.8, 4) is 0 Å². The number of nitrogens with one attached hydrogen (secondary N) is 2. The van der Waals surface area contributed by atoms with Gasteiger partial charge in [-0.3, -0.25) is 0 Å². The van der Waals surface area contributed by atoms with Crippen molar-refractivity contribution < 1.29 is 0 Å². The van der Waals surface area contributed by atoms with Gasteiger partial charge in [-0.25, -0.2) is 19.9 Å². The van der Waals surface area contributed by atoms with Crippen LogP contribution < -0.4 is 10.6 Å². The third-order valence-electron chi connectivity index (χ3n) is 2.12. The first-order chi connectivity index (χ1) is 8.38. The van der Waals surface area contributed by atoms with Gasteiger partial charge < -0.3 is 10.6 Å². The van der Waals surface area contributed by atoms with E-state index in [1.807, 2.05) is 19.1 Å². The predicted octanol–water partition coefficient (Wildman–Crippen LogP) is 1.31. The Morgan fingerprint density at radius 3 is 2.59 bits per heavy atom. The van der Waals surface area contributed by atoms with Gasteiger partial charge in [0.05, 0.1) is 12.2 Å². The van der Waals surface area contributed by atoms with Crippen molar-refractivity contribution in [1.29, 1.82) is 0 Å². The van der Waals surface area contributed by atoms with Crippen LogP contribution in [0.25, 0.3) is 0 Å². The summed E-state index contributed by atoms with van der Waals surface area (Å²) in [5.41, 5.74) is 0.920. The van der Waals surface area contributed by atoms with Crippen LogP contribution in [0.3, 0.4) is 0 Å². The molecule has 0 aliphatic rings. The highest BCUT2D eigenvalue weighted by Crippen LogP contribution is 2.08. The Bertz CT molecular complexity index is 459. The minimum Gasteiger partial charge on any atom is -0.370 e. The molecule has 0 spiro atoms. The number of anilines is 2. The fourth-order valence-corrected chi connectivity index (χ4v) is 1.34. The largest absolute Gasteiger partial charge is 0.370 e. The maximum Gasteiger partial charge on any atom is 0.131 e. The van der Waals surface area contributed by atoms with Crippen LogP contribution in [-0.2, 0) is 6.54 Å². The molecular weight excluding hydrogens is 216 g/mol. The van der Waals surface area contributed by atoms with Crippen molar-refractivity contribution in [3.63, 3.8) is 0 Å². The van der Waals surface area contributed by atoms with Gasteiger partial charge in [-0.15, -0.1) is 0 Å². The Balaban J connectivity index is 1.97. The van der Waals surface area contributed by atoms with E-state index < -0.39 is 0 Å². The van der Waals surface area contributed by atoms with Crippen molar-refractivity contribution in [1.82, 2.24) is 19.9 Å². The molecule has 0 bridgehead atoms. The smallest absolute Gasteiger partial charge is 0.131 e. The Morgan fingerprint density at radius 1 is 1.06 bits per heavy atom. The summed E-state index contributed by atoms with van der Waals surface area (Å²) in [6, 6.07) is 3.73. The van der Waals surface area contributed by atoms with E-state index in [4.69, 9.17) is 0 Å². The van der Waals surface area contributed by atoms with Crippen molar-refractivity contribution >= 4 is 11.6 Å². The van der Waals surface area contributed by atoms with Gasteiger partial charge in [-0.05, 0) is 13.0 Å². The fraction of sp³-hybridized carbons (Fsp3) is 0.273. The normalized spacial score (nSPS) is 9.94. The Morgan fingerprint density at radius 2 is 1.88 bits per heavy atom. The molecule has 2 aromatic heterocycles. The van der Waals surface area contributed by atoms with Crippen LogP contribution in [0.5, 0.6) is 0 Å². The molecule has 0 aromatic carbocycles. The molecule has 0 fully saturated rings. The Kier molecular flexibility index (Phi) is 3.80. The molecule has 0 saturated carbocycles. The lowest BCUT2D eigenvalue weighted by atomic mass is 10.4. The highest BCUT2D eigenvalue weighted by molar-refractivity contribution is 5.46. The zero-order chi connectivity index (χ0) is 11.9. The molecule has 88 valence electrons. The molecule has 0 aliphatic heterocycles. The summed E-state index contributed by atoms with van der Waals surface area (Å²) in [5, 5.41) is 6.31. The van der Waals surface area contributed by atoms with Crippen molar-refractivity contribution in [2.45, 2.75) is 13.5 Å². The van der Waals surface area contributed by atoms with Crippen LogP contribution in [-0.4, -0.2) is 26.5 Å². The number of hydrogen-bond acceptors (Lipinski definition) is 6. The topological polar surface area (TPSA) is 75.6 Å². The molecular formula is C11H14N6. The maximum atomic E-state index is 4.13. The van der Waals surface area contributed by atoms with Crippen LogP contribution in [0.2, 0.25) is 0 Å². The molecule has 2 rings (SSSR count). The summed E-state index contributed by atoms with van der Waals surface area (Å²) in [7, 11) is 0. The standard InChI is InChI=1S/C11H14N6/c1-2-13-10-5-11(17-8-16-10)14-6-9-3-4-12-7-15-9/h3-5,7-8H,2,6H2,1H3,(H2,13,14,16,17).